The molecule has 128 valence electrons. The predicted octanol–water partition coefficient (Wildman–Crippen LogP) is 1.25. The highest BCUT2D eigenvalue weighted by molar-refractivity contribution is 7.89. The Hall–Kier alpha value is -0.950. The molecule has 0 radical (unpaired) electrons. The van der Waals surface area contributed by atoms with E-state index in [4.69, 9.17) is 0 Å². The Morgan fingerprint density at radius 3 is 2.48 bits per heavy atom. The standard InChI is InChI=1S/C17H26N2O3S/c1-2-16(13-20)18-8-10-19(11-9-18)23(21,22)17-7-6-14-4-3-5-15(14)12-17/h6-7,12,16,20H,2-5,8-11,13H2,1H3. The van der Waals surface area contributed by atoms with E-state index in [0.717, 1.165) is 25.7 Å². The molecule has 0 saturated carbocycles. The van der Waals surface area contributed by atoms with Gasteiger partial charge in [-0.15, -0.1) is 0 Å². The predicted molar refractivity (Wildman–Crippen MR) is 90.0 cm³/mol. The van der Waals surface area contributed by atoms with Crippen molar-refractivity contribution in [3.63, 3.8) is 0 Å². The monoisotopic (exact) mass is 338 g/mol. The van der Waals surface area contributed by atoms with Crippen molar-refractivity contribution in [1.29, 1.82) is 0 Å². The van der Waals surface area contributed by atoms with E-state index in [1.807, 2.05) is 12.1 Å². The smallest absolute Gasteiger partial charge is 0.243 e. The largest absolute Gasteiger partial charge is 0.395 e. The molecular weight excluding hydrogens is 312 g/mol. The molecule has 0 spiro atoms. The molecule has 1 fully saturated rings. The average molecular weight is 338 g/mol. The van der Waals surface area contributed by atoms with Crippen LogP contribution in [0.2, 0.25) is 0 Å². The van der Waals surface area contributed by atoms with Gasteiger partial charge in [0, 0.05) is 32.2 Å². The van der Waals surface area contributed by atoms with Crippen LogP contribution in [0.1, 0.15) is 30.9 Å². The highest BCUT2D eigenvalue weighted by Gasteiger charge is 2.31. The fraction of sp³-hybridized carbons (Fsp3) is 0.647. The molecule has 1 aromatic carbocycles. The normalized spacial score (nSPS) is 21.3. The summed E-state index contributed by atoms with van der Waals surface area (Å²) in [6.45, 7) is 4.54. The van der Waals surface area contributed by atoms with E-state index in [1.54, 1.807) is 10.4 Å². The number of sulfonamides is 1. The third-order valence-electron chi connectivity index (χ3n) is 5.18. The lowest BCUT2D eigenvalue weighted by molar-refractivity contribution is 0.0881. The number of nitrogens with zero attached hydrogens (tertiary/aromatic N) is 2. The van der Waals surface area contributed by atoms with Gasteiger partial charge in [-0.1, -0.05) is 13.0 Å². The maximum absolute atomic E-state index is 12.9. The summed E-state index contributed by atoms with van der Waals surface area (Å²) >= 11 is 0. The second-order valence-corrected chi connectivity index (χ2v) is 8.41. The van der Waals surface area contributed by atoms with Gasteiger partial charge in [-0.3, -0.25) is 4.90 Å². The van der Waals surface area contributed by atoms with Gasteiger partial charge < -0.3 is 5.11 Å². The highest BCUT2D eigenvalue weighted by atomic mass is 32.2. The molecule has 2 aliphatic rings. The molecule has 1 unspecified atom stereocenters. The van der Waals surface area contributed by atoms with Crippen LogP contribution in [0.25, 0.3) is 0 Å². The van der Waals surface area contributed by atoms with Gasteiger partial charge in [0.1, 0.15) is 0 Å². The first-order chi connectivity index (χ1) is 11.1. The van der Waals surface area contributed by atoms with E-state index < -0.39 is 10.0 Å². The third-order valence-corrected chi connectivity index (χ3v) is 7.07. The van der Waals surface area contributed by atoms with Gasteiger partial charge in [-0.05, 0) is 48.9 Å². The molecule has 1 aliphatic heterocycles. The Bertz CT molecular complexity index is 648. The van der Waals surface area contributed by atoms with Gasteiger partial charge in [-0.25, -0.2) is 8.42 Å². The minimum Gasteiger partial charge on any atom is -0.395 e. The minimum absolute atomic E-state index is 0.133. The molecule has 1 N–H and O–H groups in total. The van der Waals surface area contributed by atoms with Gasteiger partial charge in [0.05, 0.1) is 11.5 Å². The molecule has 0 bridgehead atoms. The van der Waals surface area contributed by atoms with Crippen molar-refractivity contribution in [2.24, 2.45) is 0 Å². The van der Waals surface area contributed by atoms with Gasteiger partial charge >= 0.3 is 0 Å². The summed E-state index contributed by atoms with van der Waals surface area (Å²) < 4.78 is 27.3. The van der Waals surface area contributed by atoms with E-state index in [1.165, 1.54) is 11.1 Å². The summed E-state index contributed by atoms with van der Waals surface area (Å²) in [5.74, 6) is 0. The summed E-state index contributed by atoms with van der Waals surface area (Å²) in [7, 11) is -3.40. The molecule has 1 saturated heterocycles. The average Bonchev–Trinajstić information content (AvgIpc) is 3.04. The first kappa shape index (κ1) is 16.9. The molecule has 6 heteroatoms. The number of aliphatic hydroxyl groups excluding tert-OH is 1. The van der Waals surface area contributed by atoms with Crippen LogP contribution in [0.15, 0.2) is 23.1 Å². The first-order valence-corrected chi connectivity index (χ1v) is 9.97. The van der Waals surface area contributed by atoms with Crippen molar-refractivity contribution in [1.82, 2.24) is 9.21 Å². The van der Waals surface area contributed by atoms with Gasteiger partial charge in [0.15, 0.2) is 0 Å². The van der Waals surface area contributed by atoms with Crippen LogP contribution >= 0.6 is 0 Å². The van der Waals surface area contributed by atoms with Crippen molar-refractivity contribution in [3.05, 3.63) is 29.3 Å². The Kier molecular flexibility index (Phi) is 5.06. The molecule has 23 heavy (non-hydrogen) atoms. The lowest BCUT2D eigenvalue weighted by Gasteiger charge is -2.37. The lowest BCUT2D eigenvalue weighted by Crippen LogP contribution is -2.52. The van der Waals surface area contributed by atoms with E-state index in [2.05, 4.69) is 11.8 Å². The maximum Gasteiger partial charge on any atom is 0.243 e. The number of hydrogen-bond donors (Lipinski definition) is 1. The lowest BCUT2D eigenvalue weighted by atomic mass is 10.1. The molecule has 1 heterocycles. The molecule has 0 aromatic heterocycles. The Morgan fingerprint density at radius 2 is 1.83 bits per heavy atom. The fourth-order valence-corrected chi connectivity index (χ4v) is 5.14. The highest BCUT2D eigenvalue weighted by Crippen LogP contribution is 2.27. The molecular formula is C17H26N2O3S. The number of rotatable bonds is 5. The second-order valence-electron chi connectivity index (χ2n) is 6.47. The third kappa shape index (κ3) is 3.31. The SMILES string of the molecule is CCC(CO)N1CCN(S(=O)(=O)c2ccc3c(c2)CCC3)CC1. The zero-order chi connectivity index (χ0) is 16.4. The molecule has 0 amide bonds. The number of benzene rings is 1. The van der Waals surface area contributed by atoms with Crippen LogP contribution < -0.4 is 0 Å². The van der Waals surface area contributed by atoms with Crippen LogP contribution in [-0.4, -0.2) is 61.6 Å². The van der Waals surface area contributed by atoms with Crippen LogP contribution in [0.3, 0.4) is 0 Å². The summed E-state index contributed by atoms with van der Waals surface area (Å²) in [6.07, 6.45) is 4.06. The summed E-state index contributed by atoms with van der Waals surface area (Å²) in [6, 6.07) is 5.74. The number of piperazine rings is 1. The number of fused-ring (bicyclic) bond motifs is 1. The van der Waals surface area contributed by atoms with Crippen molar-refractivity contribution in [3.8, 4) is 0 Å². The Morgan fingerprint density at radius 1 is 1.13 bits per heavy atom. The Balaban J connectivity index is 1.72. The van der Waals surface area contributed by atoms with Gasteiger partial charge in [-0.2, -0.15) is 4.31 Å². The van der Waals surface area contributed by atoms with E-state index in [0.29, 0.717) is 31.1 Å². The first-order valence-electron chi connectivity index (χ1n) is 8.53. The molecule has 3 rings (SSSR count). The van der Waals surface area contributed by atoms with E-state index in [-0.39, 0.29) is 12.6 Å². The van der Waals surface area contributed by atoms with Gasteiger partial charge in [0.25, 0.3) is 0 Å². The van der Waals surface area contributed by atoms with Crippen molar-refractivity contribution in [2.75, 3.05) is 32.8 Å². The zero-order valence-corrected chi connectivity index (χ0v) is 14.6. The zero-order valence-electron chi connectivity index (χ0n) is 13.7. The topological polar surface area (TPSA) is 60.9 Å². The minimum atomic E-state index is -3.40. The number of hydrogen-bond acceptors (Lipinski definition) is 4. The maximum atomic E-state index is 12.9. The molecule has 1 aliphatic carbocycles. The number of aryl methyl sites for hydroxylation is 2. The van der Waals surface area contributed by atoms with Crippen LogP contribution in [0.4, 0.5) is 0 Å². The summed E-state index contributed by atoms with van der Waals surface area (Å²) in [5.41, 5.74) is 2.48. The van der Waals surface area contributed by atoms with E-state index >= 15 is 0 Å². The molecule has 5 nitrogen and oxygen atoms in total. The number of aliphatic hydroxyl groups is 1. The summed E-state index contributed by atoms with van der Waals surface area (Å²) in [4.78, 5) is 2.62. The molecule has 1 aromatic rings. The Labute approximate surface area is 139 Å². The fourth-order valence-electron chi connectivity index (χ4n) is 3.67. The summed E-state index contributed by atoms with van der Waals surface area (Å²) in [5, 5.41) is 9.40. The van der Waals surface area contributed by atoms with E-state index in [9.17, 15) is 13.5 Å². The van der Waals surface area contributed by atoms with Crippen molar-refractivity contribution < 1.29 is 13.5 Å². The van der Waals surface area contributed by atoms with Crippen molar-refractivity contribution >= 4 is 10.0 Å². The quantitative estimate of drug-likeness (QED) is 0.878. The van der Waals surface area contributed by atoms with Crippen molar-refractivity contribution in [2.45, 2.75) is 43.5 Å². The van der Waals surface area contributed by atoms with Crippen LogP contribution in [0, 0.1) is 0 Å². The molecule has 1 atom stereocenters. The van der Waals surface area contributed by atoms with Crippen LogP contribution in [-0.2, 0) is 22.9 Å². The van der Waals surface area contributed by atoms with Gasteiger partial charge in [0.2, 0.25) is 10.0 Å². The van der Waals surface area contributed by atoms with Crippen LogP contribution in [0.5, 0.6) is 0 Å². The second kappa shape index (κ2) is 6.89.